The van der Waals surface area contributed by atoms with Crippen molar-refractivity contribution >= 4 is 35.0 Å². The van der Waals surface area contributed by atoms with Crippen molar-refractivity contribution < 1.29 is 14.8 Å². The summed E-state index contributed by atoms with van der Waals surface area (Å²) in [4.78, 5) is 24.9. The van der Waals surface area contributed by atoms with E-state index in [0.717, 1.165) is 0 Å². The summed E-state index contributed by atoms with van der Waals surface area (Å²) < 4.78 is 0. The number of phenolic OH excluding ortho intramolecular Hbond substituents is 1. The molecule has 104 valence electrons. The lowest BCUT2D eigenvalue weighted by Crippen LogP contribution is -2.26. The lowest BCUT2D eigenvalue weighted by atomic mass is 10.1. The molecule has 1 aliphatic rings. The van der Waals surface area contributed by atoms with Crippen molar-refractivity contribution in [3.8, 4) is 5.75 Å². The average molecular weight is 293 g/mol. The number of nitrogens with zero attached hydrogens (tertiary/aromatic N) is 3. The number of nitro groups is 1. The zero-order valence-electron chi connectivity index (χ0n) is 10.7. The number of hydrogen-bond acceptors (Lipinski definition) is 5. The van der Waals surface area contributed by atoms with Crippen LogP contribution in [0, 0.1) is 10.1 Å². The highest BCUT2D eigenvalue weighted by Crippen LogP contribution is 2.28. The van der Waals surface area contributed by atoms with Gasteiger partial charge in [-0.05, 0) is 29.9 Å². The number of rotatable bonds is 2. The summed E-state index contributed by atoms with van der Waals surface area (Å²) in [5, 5.41) is 20.5. The van der Waals surface area contributed by atoms with Gasteiger partial charge in [-0.1, -0.05) is 6.07 Å². The third kappa shape index (κ3) is 2.21. The van der Waals surface area contributed by atoms with Crippen LogP contribution >= 0.6 is 12.2 Å². The zero-order valence-corrected chi connectivity index (χ0v) is 11.5. The van der Waals surface area contributed by atoms with Gasteiger partial charge in [-0.2, -0.15) is 0 Å². The number of phenols is 1. The first-order valence-corrected chi connectivity index (χ1v) is 5.98. The fraction of sp³-hybridized carbons (Fsp3) is 0.167. The average Bonchev–Trinajstić information content (AvgIpc) is 2.58. The van der Waals surface area contributed by atoms with Crippen LogP contribution in [-0.2, 0) is 4.79 Å². The van der Waals surface area contributed by atoms with Crippen molar-refractivity contribution in [3.05, 3.63) is 39.6 Å². The fourth-order valence-electron chi connectivity index (χ4n) is 1.82. The maximum absolute atomic E-state index is 12.0. The molecule has 0 unspecified atom stereocenters. The van der Waals surface area contributed by atoms with Crippen molar-refractivity contribution in [3.63, 3.8) is 0 Å². The van der Waals surface area contributed by atoms with Crippen molar-refractivity contribution in [1.29, 1.82) is 0 Å². The van der Waals surface area contributed by atoms with E-state index < -0.39 is 16.4 Å². The molecule has 0 saturated carbocycles. The third-order valence-electron chi connectivity index (χ3n) is 2.96. The van der Waals surface area contributed by atoms with Gasteiger partial charge in [0.1, 0.15) is 5.70 Å². The van der Waals surface area contributed by atoms with Crippen LogP contribution in [0.5, 0.6) is 5.75 Å². The van der Waals surface area contributed by atoms with Gasteiger partial charge in [0.25, 0.3) is 5.91 Å². The van der Waals surface area contributed by atoms with Crippen LogP contribution in [0.2, 0.25) is 0 Å². The molecule has 20 heavy (non-hydrogen) atoms. The predicted octanol–water partition coefficient (Wildman–Crippen LogP) is 1.33. The summed E-state index contributed by atoms with van der Waals surface area (Å²) in [5.74, 6) is -0.705. The summed E-state index contributed by atoms with van der Waals surface area (Å²) in [6.07, 6.45) is 1.49. The fourth-order valence-corrected chi connectivity index (χ4v) is 2.00. The number of hydrogen-bond donors (Lipinski definition) is 1. The maximum Gasteiger partial charge on any atom is 0.311 e. The number of thiocarbonyl (C=S) groups is 1. The van der Waals surface area contributed by atoms with E-state index in [1.54, 1.807) is 14.1 Å². The van der Waals surface area contributed by atoms with E-state index in [1.165, 1.54) is 34.1 Å². The van der Waals surface area contributed by atoms with Gasteiger partial charge in [-0.25, -0.2) is 0 Å². The van der Waals surface area contributed by atoms with Crippen molar-refractivity contribution in [2.24, 2.45) is 0 Å². The van der Waals surface area contributed by atoms with Gasteiger partial charge in [0.15, 0.2) is 10.9 Å². The highest BCUT2D eigenvalue weighted by atomic mass is 32.1. The minimum Gasteiger partial charge on any atom is -0.502 e. The molecule has 1 amide bonds. The monoisotopic (exact) mass is 293 g/mol. The van der Waals surface area contributed by atoms with Crippen LogP contribution in [0.25, 0.3) is 6.08 Å². The first-order valence-electron chi connectivity index (χ1n) is 5.57. The van der Waals surface area contributed by atoms with Crippen LogP contribution in [0.15, 0.2) is 23.9 Å². The molecule has 7 nitrogen and oxygen atoms in total. The molecule has 2 rings (SSSR count). The molecule has 0 radical (unpaired) electrons. The summed E-state index contributed by atoms with van der Waals surface area (Å²) in [7, 11) is 3.20. The Morgan fingerprint density at radius 2 is 2.00 bits per heavy atom. The second kappa shape index (κ2) is 4.89. The van der Waals surface area contributed by atoms with Gasteiger partial charge in [0, 0.05) is 20.2 Å². The van der Waals surface area contributed by atoms with Crippen molar-refractivity contribution in [2.45, 2.75) is 0 Å². The zero-order chi connectivity index (χ0) is 15.0. The van der Waals surface area contributed by atoms with E-state index in [9.17, 15) is 20.0 Å². The van der Waals surface area contributed by atoms with Crippen molar-refractivity contribution in [1.82, 2.24) is 9.80 Å². The van der Waals surface area contributed by atoms with E-state index in [1.807, 2.05) is 0 Å². The number of aromatic hydroxyl groups is 1. The predicted molar refractivity (Wildman–Crippen MR) is 75.9 cm³/mol. The molecule has 1 heterocycles. The smallest absolute Gasteiger partial charge is 0.311 e. The minimum absolute atomic E-state index is 0.284. The van der Waals surface area contributed by atoms with Crippen LogP contribution in [0.1, 0.15) is 5.56 Å². The normalized spacial score (nSPS) is 17.2. The Bertz CT molecular complexity index is 656. The molecule has 8 heteroatoms. The van der Waals surface area contributed by atoms with Gasteiger partial charge in [-0.15, -0.1) is 0 Å². The standard InChI is InChI=1S/C12H11N3O4S/c1-13-9(11(17)14(2)12(13)20)6-7-3-4-10(16)8(5-7)15(18)19/h3-6,16H,1-2H3/b9-6-. The van der Waals surface area contributed by atoms with Crippen LogP contribution in [0.4, 0.5) is 5.69 Å². The van der Waals surface area contributed by atoms with Gasteiger partial charge in [0.2, 0.25) is 0 Å². The maximum atomic E-state index is 12.0. The van der Waals surface area contributed by atoms with Crippen LogP contribution < -0.4 is 0 Å². The molecule has 1 aliphatic heterocycles. The molecule has 1 N–H and O–H groups in total. The molecule has 1 saturated heterocycles. The molecule has 0 aliphatic carbocycles. The van der Waals surface area contributed by atoms with Gasteiger partial charge in [0.05, 0.1) is 4.92 Å². The number of benzene rings is 1. The van der Waals surface area contributed by atoms with Crippen LogP contribution in [0.3, 0.4) is 0 Å². The Hall–Kier alpha value is -2.48. The lowest BCUT2D eigenvalue weighted by molar-refractivity contribution is -0.385. The lowest BCUT2D eigenvalue weighted by Gasteiger charge is -2.11. The molecule has 0 spiro atoms. The van der Waals surface area contributed by atoms with Crippen LogP contribution in [-0.4, -0.2) is 44.9 Å². The third-order valence-corrected chi connectivity index (χ3v) is 3.51. The highest BCUT2D eigenvalue weighted by Gasteiger charge is 2.32. The summed E-state index contributed by atoms with van der Waals surface area (Å²) in [6.45, 7) is 0. The second-order valence-electron chi connectivity index (χ2n) is 4.24. The molecular formula is C12H11N3O4S. The molecular weight excluding hydrogens is 282 g/mol. The molecule has 1 aromatic rings. The Labute approximate surface area is 119 Å². The molecule has 0 aromatic heterocycles. The quantitative estimate of drug-likeness (QED) is 0.383. The summed E-state index contributed by atoms with van der Waals surface area (Å²) >= 11 is 5.06. The molecule has 0 atom stereocenters. The number of carbonyl (C=O) groups is 1. The largest absolute Gasteiger partial charge is 0.502 e. The number of carbonyl (C=O) groups excluding carboxylic acids is 1. The van der Waals surface area contributed by atoms with E-state index in [-0.39, 0.29) is 5.91 Å². The van der Waals surface area contributed by atoms with Gasteiger partial charge >= 0.3 is 5.69 Å². The summed E-state index contributed by atoms with van der Waals surface area (Å²) in [6, 6.07) is 3.90. The van der Waals surface area contributed by atoms with E-state index in [4.69, 9.17) is 12.2 Å². The van der Waals surface area contributed by atoms with E-state index in [2.05, 4.69) is 0 Å². The van der Waals surface area contributed by atoms with E-state index >= 15 is 0 Å². The van der Waals surface area contributed by atoms with Gasteiger partial charge < -0.3 is 10.0 Å². The topological polar surface area (TPSA) is 86.9 Å². The second-order valence-corrected chi connectivity index (χ2v) is 4.61. The van der Waals surface area contributed by atoms with Gasteiger partial charge in [-0.3, -0.25) is 19.8 Å². The minimum atomic E-state index is -0.686. The van der Waals surface area contributed by atoms with E-state index in [0.29, 0.717) is 16.4 Å². The number of amides is 1. The highest BCUT2D eigenvalue weighted by molar-refractivity contribution is 7.80. The molecule has 1 aromatic carbocycles. The Morgan fingerprint density at radius 1 is 1.35 bits per heavy atom. The Balaban J connectivity index is 2.46. The number of nitro benzene ring substituents is 1. The first-order chi connectivity index (χ1) is 9.32. The summed E-state index contributed by atoms with van der Waals surface area (Å²) in [5.41, 5.74) is 0.337. The molecule has 1 fully saturated rings. The van der Waals surface area contributed by atoms with Crippen molar-refractivity contribution in [2.75, 3.05) is 14.1 Å². The Kier molecular flexibility index (Phi) is 3.41. The number of likely N-dealkylation sites (N-methyl/N-ethyl adjacent to an activating group) is 2. The first kappa shape index (κ1) is 13.9. The molecule has 0 bridgehead atoms. The SMILES string of the molecule is CN1C(=O)/C(=C/c2ccc(O)c([N+](=O)[O-])c2)N(C)C1=S. The Morgan fingerprint density at radius 3 is 2.50 bits per heavy atom.